The Bertz CT molecular complexity index is 590. The summed E-state index contributed by atoms with van der Waals surface area (Å²) in [6, 6.07) is 6.00. The van der Waals surface area contributed by atoms with Crippen molar-refractivity contribution in [3.8, 4) is 11.3 Å². The van der Waals surface area contributed by atoms with Crippen molar-refractivity contribution in [1.29, 1.82) is 0 Å². The third-order valence-electron chi connectivity index (χ3n) is 2.65. The molecule has 0 atom stereocenters. The fourth-order valence-electron chi connectivity index (χ4n) is 1.80. The highest BCUT2D eigenvalue weighted by atomic mass is 19.1. The van der Waals surface area contributed by atoms with E-state index in [0.717, 1.165) is 5.69 Å². The van der Waals surface area contributed by atoms with Crippen molar-refractivity contribution < 1.29 is 14.3 Å². The van der Waals surface area contributed by atoms with Crippen molar-refractivity contribution in [3.63, 3.8) is 0 Å². The molecule has 0 aliphatic rings. The van der Waals surface area contributed by atoms with Crippen molar-refractivity contribution in [2.24, 2.45) is 0 Å². The van der Waals surface area contributed by atoms with Crippen LogP contribution in [0.15, 0.2) is 30.5 Å². The summed E-state index contributed by atoms with van der Waals surface area (Å²) in [5.74, 6) is -2.01. The number of benzene rings is 1. The van der Waals surface area contributed by atoms with Crippen LogP contribution in [0.25, 0.3) is 11.3 Å². The summed E-state index contributed by atoms with van der Waals surface area (Å²) in [5.41, 5.74) is 1.05. The number of nitrogens with zero attached hydrogens (tertiary/aromatic N) is 2. The minimum absolute atomic E-state index is 0.150. The molecule has 1 aromatic heterocycles. The molecular formula is C13H13FN2O2. The zero-order chi connectivity index (χ0) is 13.3. The number of carboxylic acids is 1. The average Bonchev–Trinajstić information content (AvgIpc) is 2.77. The molecule has 2 rings (SSSR count). The van der Waals surface area contributed by atoms with Gasteiger partial charge in [0.2, 0.25) is 0 Å². The van der Waals surface area contributed by atoms with E-state index in [0.29, 0.717) is 5.56 Å². The molecule has 2 aromatic rings. The third kappa shape index (κ3) is 2.11. The van der Waals surface area contributed by atoms with Crippen LogP contribution in [0.5, 0.6) is 0 Å². The van der Waals surface area contributed by atoms with E-state index >= 15 is 0 Å². The Hall–Kier alpha value is -2.17. The normalized spacial score (nSPS) is 10.9. The third-order valence-corrected chi connectivity index (χ3v) is 2.65. The number of hydrogen-bond acceptors (Lipinski definition) is 2. The van der Waals surface area contributed by atoms with Gasteiger partial charge < -0.3 is 5.11 Å². The van der Waals surface area contributed by atoms with E-state index in [1.807, 2.05) is 13.8 Å². The van der Waals surface area contributed by atoms with Crippen LogP contribution in [0.1, 0.15) is 30.2 Å². The van der Waals surface area contributed by atoms with E-state index in [2.05, 4.69) is 5.10 Å². The van der Waals surface area contributed by atoms with Crippen molar-refractivity contribution >= 4 is 5.97 Å². The molecule has 94 valence electrons. The first-order chi connectivity index (χ1) is 8.50. The predicted molar refractivity (Wildman–Crippen MR) is 65.0 cm³/mol. The quantitative estimate of drug-likeness (QED) is 0.908. The highest BCUT2D eigenvalue weighted by Gasteiger charge is 2.13. The lowest BCUT2D eigenvalue weighted by molar-refractivity contribution is 0.0692. The van der Waals surface area contributed by atoms with Crippen LogP contribution in [-0.2, 0) is 0 Å². The number of carboxylic acid groups (broad SMARTS) is 1. The molecule has 0 fully saturated rings. The minimum Gasteiger partial charge on any atom is -0.478 e. The van der Waals surface area contributed by atoms with E-state index in [4.69, 9.17) is 5.11 Å². The molecule has 0 saturated carbocycles. The summed E-state index contributed by atoms with van der Waals surface area (Å²) in [5, 5.41) is 12.9. The van der Waals surface area contributed by atoms with Crippen molar-refractivity contribution in [3.05, 3.63) is 41.8 Å². The lowest BCUT2D eigenvalue weighted by atomic mass is 10.1. The first kappa shape index (κ1) is 12.3. The van der Waals surface area contributed by atoms with E-state index in [-0.39, 0.29) is 11.6 Å². The Labute approximate surface area is 104 Å². The van der Waals surface area contributed by atoms with Crippen LogP contribution in [0, 0.1) is 5.82 Å². The molecule has 0 spiro atoms. The number of hydrogen-bond donors (Lipinski definition) is 1. The SMILES string of the molecule is CC(C)n1nccc1-c1ccc(C(=O)O)c(F)c1. The molecule has 1 heterocycles. The van der Waals surface area contributed by atoms with Crippen LogP contribution in [0.2, 0.25) is 0 Å². The van der Waals surface area contributed by atoms with Crippen molar-refractivity contribution in [2.75, 3.05) is 0 Å². The molecule has 5 heteroatoms. The molecule has 0 aliphatic carbocycles. The molecule has 1 aromatic carbocycles. The molecule has 0 saturated heterocycles. The summed E-state index contributed by atoms with van der Waals surface area (Å²) < 4.78 is 15.4. The van der Waals surface area contributed by atoms with E-state index in [9.17, 15) is 9.18 Å². The fourth-order valence-corrected chi connectivity index (χ4v) is 1.80. The van der Waals surface area contributed by atoms with Gasteiger partial charge in [-0.1, -0.05) is 6.07 Å². The van der Waals surface area contributed by atoms with Gasteiger partial charge in [-0.3, -0.25) is 4.68 Å². The molecule has 1 N–H and O–H groups in total. The lowest BCUT2D eigenvalue weighted by Crippen LogP contribution is -2.05. The molecule has 0 unspecified atom stereocenters. The largest absolute Gasteiger partial charge is 0.478 e. The first-order valence-electron chi connectivity index (χ1n) is 5.57. The van der Waals surface area contributed by atoms with Crippen molar-refractivity contribution in [2.45, 2.75) is 19.9 Å². The smallest absolute Gasteiger partial charge is 0.338 e. The summed E-state index contributed by atoms with van der Waals surface area (Å²) in [4.78, 5) is 10.7. The summed E-state index contributed by atoms with van der Waals surface area (Å²) >= 11 is 0. The zero-order valence-corrected chi connectivity index (χ0v) is 10.1. The Kier molecular flexibility index (Phi) is 3.14. The predicted octanol–water partition coefficient (Wildman–Crippen LogP) is 2.97. The fraction of sp³-hybridized carbons (Fsp3) is 0.231. The van der Waals surface area contributed by atoms with Gasteiger partial charge in [-0.15, -0.1) is 0 Å². The van der Waals surface area contributed by atoms with Gasteiger partial charge in [0.1, 0.15) is 5.82 Å². The maximum absolute atomic E-state index is 13.6. The maximum Gasteiger partial charge on any atom is 0.338 e. The molecule has 0 aliphatic heterocycles. The zero-order valence-electron chi connectivity index (χ0n) is 10.1. The summed E-state index contributed by atoms with van der Waals surface area (Å²) in [6.07, 6.45) is 1.64. The lowest BCUT2D eigenvalue weighted by Gasteiger charge is -2.11. The molecular weight excluding hydrogens is 235 g/mol. The first-order valence-corrected chi connectivity index (χ1v) is 5.57. The number of halogens is 1. The van der Waals surface area contributed by atoms with Crippen molar-refractivity contribution in [1.82, 2.24) is 9.78 Å². The van der Waals surface area contributed by atoms with Crippen LogP contribution < -0.4 is 0 Å². The van der Waals surface area contributed by atoms with Gasteiger partial charge in [0, 0.05) is 17.8 Å². The standard InChI is InChI=1S/C13H13FN2O2/c1-8(2)16-12(5-6-15-16)9-3-4-10(13(17)18)11(14)7-9/h3-8H,1-2H3,(H,17,18). The monoisotopic (exact) mass is 248 g/mol. The topological polar surface area (TPSA) is 55.1 Å². The number of aromatic carboxylic acids is 1. The molecule has 18 heavy (non-hydrogen) atoms. The van der Waals surface area contributed by atoms with E-state index < -0.39 is 11.8 Å². The summed E-state index contributed by atoms with van der Waals surface area (Å²) in [7, 11) is 0. The van der Waals surface area contributed by atoms with Crippen LogP contribution in [-0.4, -0.2) is 20.9 Å². The molecule has 0 bridgehead atoms. The highest BCUT2D eigenvalue weighted by molar-refractivity contribution is 5.88. The Balaban J connectivity index is 2.49. The molecule has 0 amide bonds. The van der Waals surface area contributed by atoms with Crippen LogP contribution in [0.3, 0.4) is 0 Å². The van der Waals surface area contributed by atoms with E-state index in [1.54, 1.807) is 23.0 Å². The molecule has 4 nitrogen and oxygen atoms in total. The van der Waals surface area contributed by atoms with Gasteiger partial charge in [-0.2, -0.15) is 5.10 Å². The Morgan fingerprint density at radius 2 is 2.11 bits per heavy atom. The summed E-state index contributed by atoms with van der Waals surface area (Å²) in [6.45, 7) is 3.94. The molecule has 0 radical (unpaired) electrons. The second-order valence-electron chi connectivity index (χ2n) is 4.25. The van der Waals surface area contributed by atoms with Crippen LogP contribution >= 0.6 is 0 Å². The second-order valence-corrected chi connectivity index (χ2v) is 4.25. The Morgan fingerprint density at radius 3 is 2.67 bits per heavy atom. The highest BCUT2D eigenvalue weighted by Crippen LogP contribution is 2.24. The van der Waals surface area contributed by atoms with Gasteiger partial charge in [-0.05, 0) is 32.0 Å². The van der Waals surface area contributed by atoms with Gasteiger partial charge in [-0.25, -0.2) is 9.18 Å². The van der Waals surface area contributed by atoms with Gasteiger partial charge in [0.25, 0.3) is 0 Å². The van der Waals surface area contributed by atoms with Crippen LogP contribution in [0.4, 0.5) is 4.39 Å². The Morgan fingerprint density at radius 1 is 1.39 bits per heavy atom. The minimum atomic E-state index is -1.27. The van der Waals surface area contributed by atoms with Gasteiger partial charge >= 0.3 is 5.97 Å². The van der Waals surface area contributed by atoms with Gasteiger partial charge in [0.15, 0.2) is 0 Å². The average molecular weight is 248 g/mol. The van der Waals surface area contributed by atoms with Gasteiger partial charge in [0.05, 0.1) is 11.3 Å². The maximum atomic E-state index is 13.6. The number of rotatable bonds is 3. The van der Waals surface area contributed by atoms with E-state index in [1.165, 1.54) is 12.1 Å². The number of carbonyl (C=O) groups is 1. The number of aromatic nitrogens is 2. The second kappa shape index (κ2) is 4.60.